The molecule has 33 heavy (non-hydrogen) atoms. The normalized spacial score (nSPS) is 17.2. The van der Waals surface area contributed by atoms with E-state index in [2.05, 4.69) is 26.8 Å². The molecular weight excluding hydrogens is 444 g/mol. The highest BCUT2D eigenvalue weighted by atomic mass is 32.2. The number of aryl methyl sites for hydroxylation is 1. The number of rotatable bonds is 9. The molecule has 2 heterocycles. The van der Waals surface area contributed by atoms with E-state index in [4.69, 9.17) is 4.74 Å². The maximum Gasteiger partial charge on any atom is 0.324 e. The highest BCUT2D eigenvalue weighted by molar-refractivity contribution is 7.90. The SMILES string of the molecule is O=C(OCCCCc1ccccc1)[C@@H]1CCCCN1S(=O)(=O)Nc1ccc2[nH]c(=O)[nH]c2c1. The van der Waals surface area contributed by atoms with Gasteiger partial charge in [0.05, 0.1) is 23.3 Å². The van der Waals surface area contributed by atoms with E-state index in [1.54, 1.807) is 12.1 Å². The lowest BCUT2D eigenvalue weighted by atomic mass is 10.1. The van der Waals surface area contributed by atoms with Crippen LogP contribution in [0.25, 0.3) is 11.0 Å². The van der Waals surface area contributed by atoms with Gasteiger partial charge in [0.1, 0.15) is 6.04 Å². The summed E-state index contributed by atoms with van der Waals surface area (Å²) in [5.74, 6) is -0.509. The minimum Gasteiger partial charge on any atom is -0.464 e. The molecule has 0 radical (unpaired) electrons. The number of hydrogen-bond acceptors (Lipinski definition) is 5. The number of ether oxygens (including phenoxy) is 1. The summed E-state index contributed by atoms with van der Waals surface area (Å²) in [6, 6.07) is 14.0. The van der Waals surface area contributed by atoms with Crippen LogP contribution in [0.4, 0.5) is 5.69 Å². The van der Waals surface area contributed by atoms with E-state index >= 15 is 0 Å². The largest absolute Gasteiger partial charge is 0.464 e. The minimum absolute atomic E-state index is 0.242. The molecule has 0 bridgehead atoms. The van der Waals surface area contributed by atoms with Crippen LogP contribution < -0.4 is 10.4 Å². The predicted octanol–water partition coefficient (Wildman–Crippen LogP) is 2.93. The van der Waals surface area contributed by atoms with Gasteiger partial charge in [-0.3, -0.25) is 9.52 Å². The number of fused-ring (bicyclic) bond motifs is 1. The van der Waals surface area contributed by atoms with Gasteiger partial charge in [0.15, 0.2) is 0 Å². The van der Waals surface area contributed by atoms with Crippen molar-refractivity contribution in [3.05, 3.63) is 64.6 Å². The van der Waals surface area contributed by atoms with E-state index in [0.717, 1.165) is 19.3 Å². The molecule has 3 N–H and O–H groups in total. The molecule has 1 fully saturated rings. The van der Waals surface area contributed by atoms with Crippen molar-refractivity contribution in [2.24, 2.45) is 0 Å². The Hall–Kier alpha value is -3.11. The molecule has 1 aliphatic heterocycles. The summed E-state index contributed by atoms with van der Waals surface area (Å²) < 4.78 is 35.3. The number of aromatic amines is 2. The van der Waals surface area contributed by atoms with Gasteiger partial charge >= 0.3 is 21.9 Å². The number of carbonyl (C=O) groups excluding carboxylic acids is 1. The van der Waals surface area contributed by atoms with Crippen LogP contribution in [-0.4, -0.2) is 47.9 Å². The number of esters is 1. The Balaban J connectivity index is 1.34. The summed E-state index contributed by atoms with van der Waals surface area (Å²) in [5.41, 5.74) is 2.24. The maximum atomic E-state index is 13.1. The van der Waals surface area contributed by atoms with E-state index in [1.807, 2.05) is 18.2 Å². The van der Waals surface area contributed by atoms with E-state index < -0.39 is 22.2 Å². The van der Waals surface area contributed by atoms with Crippen LogP contribution in [0, 0.1) is 0 Å². The molecule has 4 rings (SSSR count). The standard InChI is InChI=1S/C23H28N4O5S/c28-22(32-15-7-5-10-17-8-2-1-3-9-17)21-11-4-6-14-27(21)33(30,31)26-18-12-13-19-20(16-18)25-23(29)24-19/h1-3,8-9,12-13,16,21,26H,4-7,10-11,14-15H2,(H2,24,25,29)/t21-/m0/s1. The van der Waals surface area contributed by atoms with Gasteiger partial charge in [-0.05, 0) is 62.3 Å². The molecule has 0 aliphatic carbocycles. The highest BCUT2D eigenvalue weighted by Crippen LogP contribution is 2.24. The topological polar surface area (TPSA) is 124 Å². The Morgan fingerprint density at radius 3 is 2.67 bits per heavy atom. The Labute approximate surface area is 192 Å². The van der Waals surface area contributed by atoms with Crippen LogP contribution >= 0.6 is 0 Å². The van der Waals surface area contributed by atoms with Crippen molar-refractivity contribution in [1.82, 2.24) is 14.3 Å². The lowest BCUT2D eigenvalue weighted by molar-refractivity contribution is -0.149. The lowest BCUT2D eigenvalue weighted by Gasteiger charge is -2.33. The fourth-order valence-corrected chi connectivity index (χ4v) is 5.51. The average molecular weight is 473 g/mol. The second-order valence-electron chi connectivity index (χ2n) is 8.18. The van der Waals surface area contributed by atoms with E-state index in [9.17, 15) is 18.0 Å². The first-order chi connectivity index (χ1) is 15.9. The third-order valence-corrected chi connectivity index (χ3v) is 7.29. The van der Waals surface area contributed by atoms with Gasteiger partial charge in [0, 0.05) is 6.54 Å². The van der Waals surface area contributed by atoms with Gasteiger partial charge in [0.25, 0.3) is 0 Å². The number of nitrogens with one attached hydrogen (secondary N) is 3. The summed E-state index contributed by atoms with van der Waals surface area (Å²) in [4.78, 5) is 29.4. The fraction of sp³-hybridized carbons (Fsp3) is 0.391. The number of nitrogens with zero attached hydrogens (tertiary/aromatic N) is 1. The van der Waals surface area contributed by atoms with Gasteiger partial charge in [0.2, 0.25) is 0 Å². The van der Waals surface area contributed by atoms with E-state index in [1.165, 1.54) is 15.9 Å². The first-order valence-electron chi connectivity index (χ1n) is 11.1. The van der Waals surface area contributed by atoms with Crippen LogP contribution in [0.15, 0.2) is 53.3 Å². The molecule has 176 valence electrons. The van der Waals surface area contributed by atoms with Gasteiger partial charge in [-0.25, -0.2) is 4.79 Å². The molecule has 0 saturated carbocycles. The maximum absolute atomic E-state index is 13.1. The second-order valence-corrected chi connectivity index (χ2v) is 9.80. The molecule has 1 atom stereocenters. The number of aromatic nitrogens is 2. The van der Waals surface area contributed by atoms with Crippen molar-refractivity contribution in [3.63, 3.8) is 0 Å². The number of anilines is 1. The summed E-state index contributed by atoms with van der Waals surface area (Å²) in [6.45, 7) is 0.507. The van der Waals surface area contributed by atoms with Gasteiger partial charge in [-0.1, -0.05) is 30.3 Å². The molecule has 1 aliphatic rings. The molecule has 1 saturated heterocycles. The van der Waals surface area contributed by atoms with E-state index in [0.29, 0.717) is 36.0 Å². The van der Waals surface area contributed by atoms with Crippen molar-refractivity contribution in [2.45, 2.75) is 44.6 Å². The number of imidazole rings is 1. The Kier molecular flexibility index (Phi) is 7.14. The number of carbonyl (C=O) groups is 1. The lowest BCUT2D eigenvalue weighted by Crippen LogP contribution is -2.50. The van der Waals surface area contributed by atoms with Crippen LogP contribution in [0.5, 0.6) is 0 Å². The first-order valence-corrected chi connectivity index (χ1v) is 12.6. The zero-order valence-corrected chi connectivity index (χ0v) is 19.1. The second kappa shape index (κ2) is 10.2. The number of piperidine rings is 1. The monoisotopic (exact) mass is 472 g/mol. The van der Waals surface area contributed by atoms with Gasteiger partial charge in [-0.2, -0.15) is 12.7 Å². The molecule has 2 aromatic carbocycles. The predicted molar refractivity (Wildman–Crippen MR) is 126 cm³/mol. The zero-order chi connectivity index (χ0) is 23.3. The highest BCUT2D eigenvalue weighted by Gasteiger charge is 2.37. The summed E-state index contributed by atoms with van der Waals surface area (Å²) >= 11 is 0. The third-order valence-electron chi connectivity index (χ3n) is 5.74. The van der Waals surface area contributed by atoms with Crippen molar-refractivity contribution < 1.29 is 17.9 Å². The third kappa shape index (κ3) is 5.82. The molecule has 0 unspecified atom stereocenters. The number of H-pyrrole nitrogens is 2. The molecule has 0 spiro atoms. The number of unbranched alkanes of at least 4 members (excludes halogenated alkanes) is 1. The van der Waals surface area contributed by atoms with Crippen molar-refractivity contribution in [2.75, 3.05) is 17.9 Å². The quantitative estimate of drug-likeness (QED) is 0.326. The number of benzene rings is 2. The fourth-order valence-electron chi connectivity index (χ4n) is 4.08. The first kappa shape index (κ1) is 23.1. The van der Waals surface area contributed by atoms with Crippen LogP contribution in [0.2, 0.25) is 0 Å². The minimum atomic E-state index is -3.98. The summed E-state index contributed by atoms with van der Waals surface area (Å²) in [5, 5.41) is 0. The smallest absolute Gasteiger partial charge is 0.324 e. The van der Waals surface area contributed by atoms with Crippen molar-refractivity contribution >= 4 is 32.9 Å². The Bertz CT molecular complexity index is 1250. The molecule has 10 heteroatoms. The van der Waals surface area contributed by atoms with Gasteiger partial charge < -0.3 is 14.7 Å². The molecule has 3 aromatic rings. The Morgan fingerprint density at radius 1 is 1.06 bits per heavy atom. The van der Waals surface area contributed by atoms with Crippen molar-refractivity contribution in [1.29, 1.82) is 0 Å². The van der Waals surface area contributed by atoms with Crippen LogP contribution in [0.3, 0.4) is 0 Å². The summed E-state index contributed by atoms with van der Waals surface area (Å²) in [7, 11) is -3.98. The van der Waals surface area contributed by atoms with E-state index in [-0.39, 0.29) is 18.8 Å². The molecule has 1 aromatic heterocycles. The average Bonchev–Trinajstić information content (AvgIpc) is 3.18. The Morgan fingerprint density at radius 2 is 1.85 bits per heavy atom. The molecule has 9 nitrogen and oxygen atoms in total. The van der Waals surface area contributed by atoms with Crippen LogP contribution in [-0.2, 0) is 26.2 Å². The number of hydrogen-bond donors (Lipinski definition) is 3. The summed E-state index contributed by atoms with van der Waals surface area (Å²) in [6.07, 6.45) is 4.36. The zero-order valence-electron chi connectivity index (χ0n) is 18.2. The van der Waals surface area contributed by atoms with Gasteiger partial charge in [-0.15, -0.1) is 0 Å². The van der Waals surface area contributed by atoms with Crippen LogP contribution in [0.1, 0.15) is 37.7 Å². The van der Waals surface area contributed by atoms with Crippen molar-refractivity contribution in [3.8, 4) is 0 Å². The molecule has 0 amide bonds. The molecular formula is C23H28N4O5S.